The van der Waals surface area contributed by atoms with Crippen LogP contribution in [-0.2, 0) is 15.8 Å². The van der Waals surface area contributed by atoms with Crippen LogP contribution in [0.2, 0.25) is 0 Å². The Balaban J connectivity index is 1.80. The third kappa shape index (κ3) is 3.30. The molecule has 2 aliphatic rings. The number of aliphatic hydroxyl groups excluding tert-OH is 1. The van der Waals surface area contributed by atoms with Crippen LogP contribution in [0.5, 0.6) is 0 Å². The van der Waals surface area contributed by atoms with E-state index in [-0.39, 0.29) is 17.6 Å². The molecule has 1 heterocycles. The SMILES string of the molecule is Cc1cc(C(F)(F)F)ccc1NC(=O)[C@H]1[C@@H]2CC[C@H](C2)N1C(=O)[C@H](C)O. The quantitative estimate of drug-likeness (QED) is 0.860. The van der Waals surface area contributed by atoms with Gasteiger partial charge in [-0.15, -0.1) is 0 Å². The zero-order valence-electron chi connectivity index (χ0n) is 14.5. The lowest BCUT2D eigenvalue weighted by atomic mass is 9.97. The van der Waals surface area contributed by atoms with Gasteiger partial charge in [0, 0.05) is 11.7 Å². The number of likely N-dealkylation sites (tertiary alicyclic amines) is 1. The Kier molecular flexibility index (Phi) is 4.72. The molecule has 0 spiro atoms. The van der Waals surface area contributed by atoms with Crippen molar-refractivity contribution in [1.82, 2.24) is 4.90 Å². The van der Waals surface area contributed by atoms with Crippen molar-refractivity contribution in [3.8, 4) is 0 Å². The van der Waals surface area contributed by atoms with Crippen molar-refractivity contribution in [2.24, 2.45) is 5.92 Å². The summed E-state index contributed by atoms with van der Waals surface area (Å²) in [6.07, 6.45) is -3.32. The van der Waals surface area contributed by atoms with Gasteiger partial charge in [0.2, 0.25) is 5.91 Å². The topological polar surface area (TPSA) is 69.6 Å². The maximum Gasteiger partial charge on any atom is 0.416 e. The van der Waals surface area contributed by atoms with Crippen molar-refractivity contribution in [2.75, 3.05) is 5.32 Å². The van der Waals surface area contributed by atoms with E-state index in [0.29, 0.717) is 12.0 Å². The molecule has 1 aromatic carbocycles. The zero-order chi connectivity index (χ0) is 19.2. The summed E-state index contributed by atoms with van der Waals surface area (Å²) in [6.45, 7) is 2.85. The van der Waals surface area contributed by atoms with Crippen molar-refractivity contribution < 1.29 is 27.9 Å². The molecule has 1 aliphatic carbocycles. The number of carbonyl (C=O) groups excluding carboxylic acids is 2. The maximum absolute atomic E-state index is 12.8. The van der Waals surface area contributed by atoms with Crippen LogP contribution >= 0.6 is 0 Å². The molecule has 4 atom stereocenters. The van der Waals surface area contributed by atoms with Gasteiger partial charge < -0.3 is 15.3 Å². The molecule has 5 nitrogen and oxygen atoms in total. The standard InChI is InChI=1S/C18H21F3N2O3/c1-9-7-12(18(19,20)21)4-6-14(9)22-16(25)15-11-3-5-13(8-11)23(15)17(26)10(2)24/h4,6-7,10-11,13,15,24H,3,5,8H2,1-2H3,(H,22,25)/t10-,11+,13+,15+/m0/s1. The van der Waals surface area contributed by atoms with Gasteiger partial charge in [0.05, 0.1) is 5.56 Å². The van der Waals surface area contributed by atoms with Gasteiger partial charge in [0.1, 0.15) is 12.1 Å². The Morgan fingerprint density at radius 2 is 2.00 bits per heavy atom. The number of hydrogen-bond acceptors (Lipinski definition) is 3. The van der Waals surface area contributed by atoms with Crippen molar-refractivity contribution in [2.45, 2.75) is 57.5 Å². The van der Waals surface area contributed by atoms with Crippen molar-refractivity contribution in [3.63, 3.8) is 0 Å². The molecule has 1 aliphatic heterocycles. The van der Waals surface area contributed by atoms with Gasteiger partial charge in [-0.05, 0) is 62.8 Å². The number of aliphatic hydroxyl groups is 1. The Morgan fingerprint density at radius 3 is 2.58 bits per heavy atom. The van der Waals surface area contributed by atoms with E-state index < -0.39 is 35.7 Å². The van der Waals surface area contributed by atoms with Crippen LogP contribution < -0.4 is 5.32 Å². The van der Waals surface area contributed by atoms with Gasteiger partial charge in [-0.25, -0.2) is 0 Å². The van der Waals surface area contributed by atoms with E-state index in [2.05, 4.69) is 5.32 Å². The zero-order valence-corrected chi connectivity index (χ0v) is 14.5. The highest BCUT2D eigenvalue weighted by molar-refractivity contribution is 5.99. The highest BCUT2D eigenvalue weighted by atomic mass is 19.4. The molecule has 1 saturated carbocycles. The average molecular weight is 370 g/mol. The van der Waals surface area contributed by atoms with E-state index in [9.17, 15) is 27.9 Å². The van der Waals surface area contributed by atoms with Crippen LogP contribution in [0.4, 0.5) is 18.9 Å². The maximum atomic E-state index is 12.8. The minimum atomic E-state index is -4.45. The third-order valence-corrected chi connectivity index (χ3v) is 5.28. The highest BCUT2D eigenvalue weighted by Crippen LogP contribution is 2.43. The van der Waals surface area contributed by atoms with E-state index in [1.165, 1.54) is 24.8 Å². The number of halogens is 3. The summed E-state index contributed by atoms with van der Waals surface area (Å²) in [6, 6.07) is 2.37. The molecule has 1 aromatic rings. The Labute approximate surface area is 149 Å². The van der Waals surface area contributed by atoms with Crippen LogP contribution in [0, 0.1) is 12.8 Å². The minimum Gasteiger partial charge on any atom is -0.384 e. The fourth-order valence-electron chi connectivity index (χ4n) is 4.05. The fraction of sp³-hybridized carbons (Fsp3) is 0.556. The number of hydrogen-bond donors (Lipinski definition) is 2. The predicted octanol–water partition coefficient (Wildman–Crippen LogP) is 2.71. The molecule has 0 radical (unpaired) electrons. The summed E-state index contributed by atoms with van der Waals surface area (Å²) in [5.41, 5.74) is -0.196. The van der Waals surface area contributed by atoms with Crippen LogP contribution in [0.3, 0.4) is 0 Å². The lowest BCUT2D eigenvalue weighted by molar-refractivity contribution is -0.147. The number of amides is 2. The summed E-state index contributed by atoms with van der Waals surface area (Å²) in [5, 5.41) is 12.3. The van der Waals surface area contributed by atoms with Crippen LogP contribution in [-0.4, -0.2) is 40.0 Å². The first-order chi connectivity index (χ1) is 12.1. The van der Waals surface area contributed by atoms with Gasteiger partial charge in [0.15, 0.2) is 0 Å². The number of fused-ring (bicyclic) bond motifs is 2. The molecule has 2 amide bonds. The number of piperidine rings is 1. The first-order valence-corrected chi connectivity index (χ1v) is 8.58. The number of benzene rings is 1. The molecule has 142 valence electrons. The smallest absolute Gasteiger partial charge is 0.384 e. The molecule has 2 fully saturated rings. The van der Waals surface area contributed by atoms with Crippen molar-refractivity contribution in [3.05, 3.63) is 29.3 Å². The molecule has 8 heteroatoms. The molecule has 0 unspecified atom stereocenters. The number of anilines is 1. The number of nitrogens with zero attached hydrogens (tertiary/aromatic N) is 1. The Hall–Kier alpha value is -2.09. The summed E-state index contributed by atoms with van der Waals surface area (Å²) in [7, 11) is 0. The van der Waals surface area contributed by atoms with E-state index >= 15 is 0 Å². The van der Waals surface area contributed by atoms with Gasteiger partial charge in [-0.3, -0.25) is 9.59 Å². The normalized spacial score (nSPS) is 26.1. The Morgan fingerprint density at radius 1 is 1.31 bits per heavy atom. The second kappa shape index (κ2) is 6.57. The van der Waals surface area contributed by atoms with Gasteiger partial charge in [-0.2, -0.15) is 13.2 Å². The highest BCUT2D eigenvalue weighted by Gasteiger charge is 2.51. The lowest BCUT2D eigenvalue weighted by Crippen LogP contribution is -2.53. The summed E-state index contributed by atoms with van der Waals surface area (Å²) < 4.78 is 38.3. The molecule has 3 rings (SSSR count). The third-order valence-electron chi connectivity index (χ3n) is 5.28. The molecular weight excluding hydrogens is 349 g/mol. The van der Waals surface area contributed by atoms with E-state index in [1.54, 1.807) is 0 Å². The van der Waals surface area contributed by atoms with E-state index in [4.69, 9.17) is 0 Å². The van der Waals surface area contributed by atoms with Gasteiger partial charge >= 0.3 is 6.18 Å². The van der Waals surface area contributed by atoms with E-state index in [1.807, 2.05) is 0 Å². The monoisotopic (exact) mass is 370 g/mol. The van der Waals surface area contributed by atoms with E-state index in [0.717, 1.165) is 25.0 Å². The van der Waals surface area contributed by atoms with Crippen LogP contribution in [0.15, 0.2) is 18.2 Å². The van der Waals surface area contributed by atoms with Crippen molar-refractivity contribution >= 4 is 17.5 Å². The summed E-state index contributed by atoms with van der Waals surface area (Å²) in [4.78, 5) is 26.5. The number of carbonyl (C=O) groups is 2. The second-order valence-corrected chi connectivity index (χ2v) is 7.11. The number of rotatable bonds is 3. The molecule has 26 heavy (non-hydrogen) atoms. The Bertz CT molecular complexity index is 733. The molecule has 0 aromatic heterocycles. The molecule has 2 N–H and O–H groups in total. The molecule has 1 saturated heterocycles. The van der Waals surface area contributed by atoms with Gasteiger partial charge in [0.25, 0.3) is 5.91 Å². The largest absolute Gasteiger partial charge is 0.416 e. The number of nitrogens with one attached hydrogen (secondary N) is 1. The summed E-state index contributed by atoms with van der Waals surface area (Å²) in [5.74, 6) is -0.895. The first kappa shape index (κ1) is 18.7. The first-order valence-electron chi connectivity index (χ1n) is 8.58. The minimum absolute atomic E-state index is 0.0115. The molecular formula is C18H21F3N2O3. The molecule has 2 bridgehead atoms. The number of alkyl halides is 3. The number of aryl methyl sites for hydroxylation is 1. The van der Waals surface area contributed by atoms with Crippen LogP contribution in [0.1, 0.15) is 37.3 Å². The van der Waals surface area contributed by atoms with Crippen LogP contribution in [0.25, 0.3) is 0 Å². The predicted molar refractivity (Wildman–Crippen MR) is 88.3 cm³/mol. The summed E-state index contributed by atoms with van der Waals surface area (Å²) >= 11 is 0. The lowest BCUT2D eigenvalue weighted by Gasteiger charge is -2.35. The second-order valence-electron chi connectivity index (χ2n) is 7.11. The van der Waals surface area contributed by atoms with Crippen molar-refractivity contribution in [1.29, 1.82) is 0 Å². The van der Waals surface area contributed by atoms with Gasteiger partial charge in [-0.1, -0.05) is 0 Å². The fourth-order valence-corrected chi connectivity index (χ4v) is 4.05. The average Bonchev–Trinajstić information content (AvgIpc) is 3.15.